The second-order valence-corrected chi connectivity index (χ2v) is 5.86. The van der Waals surface area contributed by atoms with Gasteiger partial charge in [-0.3, -0.25) is 4.79 Å². The summed E-state index contributed by atoms with van der Waals surface area (Å²) in [6.07, 6.45) is 1.35. The predicted molar refractivity (Wildman–Crippen MR) is 97.7 cm³/mol. The largest absolute Gasteiger partial charge is 0.340 e. The molecule has 0 unspecified atom stereocenters. The molecule has 0 saturated heterocycles. The lowest BCUT2D eigenvalue weighted by Crippen LogP contribution is -2.14. The predicted octanol–water partition coefficient (Wildman–Crippen LogP) is 4.97. The van der Waals surface area contributed by atoms with Crippen LogP contribution in [0, 0.1) is 25.5 Å². The lowest BCUT2D eigenvalue weighted by atomic mass is 10.1. The number of benzene rings is 2. The molecule has 26 heavy (non-hydrogen) atoms. The SMILES string of the molecule is Cc1cccc(Nc2ccc(C(=O)Nc3c(F)cccc3F)cn2)c1C. The van der Waals surface area contributed by atoms with E-state index in [2.05, 4.69) is 15.6 Å². The van der Waals surface area contributed by atoms with Crippen LogP contribution in [0.25, 0.3) is 0 Å². The van der Waals surface area contributed by atoms with E-state index >= 15 is 0 Å². The number of para-hydroxylation sites is 1. The van der Waals surface area contributed by atoms with Crippen molar-refractivity contribution in [3.8, 4) is 0 Å². The van der Waals surface area contributed by atoms with Crippen LogP contribution in [0.1, 0.15) is 21.5 Å². The number of halogens is 2. The van der Waals surface area contributed by atoms with Gasteiger partial charge < -0.3 is 10.6 Å². The monoisotopic (exact) mass is 353 g/mol. The van der Waals surface area contributed by atoms with Crippen molar-refractivity contribution in [2.75, 3.05) is 10.6 Å². The number of carbonyl (C=O) groups is 1. The van der Waals surface area contributed by atoms with Crippen LogP contribution in [0.2, 0.25) is 0 Å². The molecule has 1 amide bonds. The molecule has 132 valence electrons. The Kier molecular flexibility index (Phi) is 4.93. The number of hydrogen-bond donors (Lipinski definition) is 2. The number of carbonyl (C=O) groups excluding carboxylic acids is 1. The number of aromatic nitrogens is 1. The molecule has 6 heteroatoms. The van der Waals surface area contributed by atoms with Gasteiger partial charge in [0, 0.05) is 11.9 Å². The zero-order valence-corrected chi connectivity index (χ0v) is 14.3. The Bertz CT molecular complexity index is 936. The lowest BCUT2D eigenvalue weighted by molar-refractivity contribution is 0.102. The highest BCUT2D eigenvalue weighted by Gasteiger charge is 2.13. The first-order valence-corrected chi connectivity index (χ1v) is 8.00. The van der Waals surface area contributed by atoms with Crippen molar-refractivity contribution in [1.82, 2.24) is 4.98 Å². The molecule has 1 aromatic heterocycles. The van der Waals surface area contributed by atoms with Crippen LogP contribution >= 0.6 is 0 Å². The number of rotatable bonds is 4. The number of pyridine rings is 1. The maximum atomic E-state index is 13.6. The molecule has 0 atom stereocenters. The fourth-order valence-electron chi connectivity index (χ4n) is 2.43. The van der Waals surface area contributed by atoms with Gasteiger partial charge in [0.1, 0.15) is 23.1 Å². The number of amides is 1. The summed E-state index contributed by atoms with van der Waals surface area (Å²) < 4.78 is 27.2. The highest BCUT2D eigenvalue weighted by molar-refractivity contribution is 6.04. The van der Waals surface area contributed by atoms with Crippen molar-refractivity contribution in [2.45, 2.75) is 13.8 Å². The van der Waals surface area contributed by atoms with Crippen LogP contribution in [-0.2, 0) is 0 Å². The molecule has 3 rings (SSSR count). The van der Waals surface area contributed by atoms with Crippen molar-refractivity contribution in [3.05, 3.63) is 83.1 Å². The van der Waals surface area contributed by atoms with E-state index in [4.69, 9.17) is 0 Å². The minimum atomic E-state index is -0.834. The molecule has 0 aliphatic heterocycles. The minimum absolute atomic E-state index is 0.194. The maximum Gasteiger partial charge on any atom is 0.257 e. The molecule has 0 spiro atoms. The second kappa shape index (κ2) is 7.31. The summed E-state index contributed by atoms with van der Waals surface area (Å²) >= 11 is 0. The molecular weight excluding hydrogens is 336 g/mol. The standard InChI is InChI=1S/C20H17F2N3O/c1-12-5-3-8-17(13(12)2)24-18-10-9-14(11-23-18)20(26)25-19-15(21)6-4-7-16(19)22/h3-11H,1-2H3,(H,23,24)(H,25,26). The normalized spacial score (nSPS) is 10.5. The number of aryl methyl sites for hydroxylation is 1. The molecule has 4 nitrogen and oxygen atoms in total. The Hall–Kier alpha value is -3.28. The summed E-state index contributed by atoms with van der Waals surface area (Å²) in [5, 5.41) is 5.42. The number of nitrogens with zero attached hydrogens (tertiary/aromatic N) is 1. The van der Waals surface area contributed by atoms with E-state index in [9.17, 15) is 13.6 Å². The zero-order valence-electron chi connectivity index (χ0n) is 14.3. The number of hydrogen-bond acceptors (Lipinski definition) is 3. The molecule has 1 heterocycles. The van der Waals surface area contributed by atoms with E-state index in [0.29, 0.717) is 5.82 Å². The Morgan fingerprint density at radius 3 is 2.31 bits per heavy atom. The Morgan fingerprint density at radius 1 is 0.962 bits per heavy atom. The highest BCUT2D eigenvalue weighted by Crippen LogP contribution is 2.22. The first kappa shape index (κ1) is 17.5. The van der Waals surface area contributed by atoms with Crippen molar-refractivity contribution in [2.24, 2.45) is 0 Å². The molecule has 0 saturated carbocycles. The van der Waals surface area contributed by atoms with Crippen LogP contribution in [0.5, 0.6) is 0 Å². The van der Waals surface area contributed by atoms with Crippen molar-refractivity contribution in [3.63, 3.8) is 0 Å². The van der Waals surface area contributed by atoms with Gasteiger partial charge in [-0.25, -0.2) is 13.8 Å². The topological polar surface area (TPSA) is 54.0 Å². The van der Waals surface area contributed by atoms with Gasteiger partial charge in [-0.1, -0.05) is 18.2 Å². The molecule has 0 aliphatic carbocycles. The lowest BCUT2D eigenvalue weighted by Gasteiger charge is -2.11. The average Bonchev–Trinajstić information content (AvgIpc) is 2.63. The van der Waals surface area contributed by atoms with Gasteiger partial charge in [-0.15, -0.1) is 0 Å². The van der Waals surface area contributed by atoms with E-state index < -0.39 is 23.2 Å². The molecular formula is C20H17F2N3O. The average molecular weight is 353 g/mol. The third-order valence-corrected chi connectivity index (χ3v) is 4.09. The van der Waals surface area contributed by atoms with Crippen molar-refractivity contribution < 1.29 is 13.6 Å². The summed E-state index contributed by atoms with van der Waals surface area (Å²) in [4.78, 5) is 16.4. The van der Waals surface area contributed by atoms with Gasteiger partial charge in [0.05, 0.1) is 5.56 Å². The fraction of sp³-hybridized carbons (Fsp3) is 0.100. The Balaban J connectivity index is 1.75. The van der Waals surface area contributed by atoms with Crippen LogP contribution in [0.3, 0.4) is 0 Å². The third-order valence-electron chi connectivity index (χ3n) is 4.09. The summed E-state index contributed by atoms with van der Waals surface area (Å²) in [5.41, 5.74) is 2.89. The minimum Gasteiger partial charge on any atom is -0.340 e. The zero-order chi connectivity index (χ0) is 18.7. The molecule has 0 radical (unpaired) electrons. The summed E-state index contributed by atoms with van der Waals surface area (Å²) in [7, 11) is 0. The molecule has 0 bridgehead atoms. The van der Waals surface area contributed by atoms with Crippen LogP contribution < -0.4 is 10.6 Å². The van der Waals surface area contributed by atoms with E-state index in [1.54, 1.807) is 6.07 Å². The molecule has 2 N–H and O–H groups in total. The van der Waals surface area contributed by atoms with Crippen molar-refractivity contribution in [1.29, 1.82) is 0 Å². The van der Waals surface area contributed by atoms with Gasteiger partial charge in [0.15, 0.2) is 0 Å². The second-order valence-electron chi connectivity index (χ2n) is 5.86. The van der Waals surface area contributed by atoms with Gasteiger partial charge in [0.25, 0.3) is 5.91 Å². The highest BCUT2D eigenvalue weighted by atomic mass is 19.1. The maximum absolute atomic E-state index is 13.6. The van der Waals surface area contributed by atoms with E-state index in [1.807, 2.05) is 32.0 Å². The summed E-state index contributed by atoms with van der Waals surface area (Å²) in [6.45, 7) is 4.02. The van der Waals surface area contributed by atoms with Gasteiger partial charge >= 0.3 is 0 Å². The smallest absolute Gasteiger partial charge is 0.257 e. The first-order valence-electron chi connectivity index (χ1n) is 8.00. The Morgan fingerprint density at radius 2 is 1.65 bits per heavy atom. The molecule has 0 fully saturated rings. The quantitative estimate of drug-likeness (QED) is 0.696. The number of anilines is 3. The van der Waals surface area contributed by atoms with Gasteiger partial charge in [-0.2, -0.15) is 0 Å². The van der Waals surface area contributed by atoms with E-state index in [-0.39, 0.29) is 5.56 Å². The van der Waals surface area contributed by atoms with Gasteiger partial charge in [-0.05, 0) is 55.3 Å². The summed E-state index contributed by atoms with van der Waals surface area (Å²) in [5.74, 6) is -1.74. The fourth-order valence-corrected chi connectivity index (χ4v) is 2.43. The molecule has 2 aromatic carbocycles. The van der Waals surface area contributed by atoms with Crippen LogP contribution in [0.15, 0.2) is 54.7 Å². The van der Waals surface area contributed by atoms with E-state index in [0.717, 1.165) is 28.9 Å². The summed E-state index contributed by atoms with van der Waals surface area (Å²) in [6, 6.07) is 12.4. The molecule has 3 aromatic rings. The van der Waals surface area contributed by atoms with E-state index in [1.165, 1.54) is 18.3 Å². The van der Waals surface area contributed by atoms with Crippen molar-refractivity contribution >= 4 is 23.1 Å². The molecule has 0 aliphatic rings. The third kappa shape index (κ3) is 3.69. The van der Waals surface area contributed by atoms with Gasteiger partial charge in [0.2, 0.25) is 0 Å². The number of nitrogens with one attached hydrogen (secondary N) is 2. The van der Waals surface area contributed by atoms with Crippen LogP contribution in [0.4, 0.5) is 26.0 Å². The van der Waals surface area contributed by atoms with Crippen LogP contribution in [-0.4, -0.2) is 10.9 Å². The Labute approximate surface area is 149 Å². The first-order chi connectivity index (χ1) is 12.5.